The first-order valence-corrected chi connectivity index (χ1v) is 15.9. The van der Waals surface area contributed by atoms with Crippen molar-refractivity contribution in [2.75, 3.05) is 31.6 Å². The van der Waals surface area contributed by atoms with E-state index in [2.05, 4.69) is 5.32 Å². The zero-order chi connectivity index (χ0) is 31.6. The van der Waals surface area contributed by atoms with Crippen molar-refractivity contribution in [2.45, 2.75) is 64.4 Å². The Hall–Kier alpha value is -4.05. The van der Waals surface area contributed by atoms with Gasteiger partial charge in [0, 0.05) is 19.2 Å². The molecule has 0 saturated carbocycles. The highest BCUT2D eigenvalue weighted by molar-refractivity contribution is 7.92. The third-order valence-electron chi connectivity index (χ3n) is 7.13. The van der Waals surface area contributed by atoms with Gasteiger partial charge in [-0.1, -0.05) is 56.7 Å². The Kier molecular flexibility index (Phi) is 12.0. The van der Waals surface area contributed by atoms with Crippen molar-refractivity contribution in [3.8, 4) is 11.5 Å². The van der Waals surface area contributed by atoms with Gasteiger partial charge in [-0.3, -0.25) is 13.9 Å². The van der Waals surface area contributed by atoms with Crippen LogP contribution in [0.2, 0.25) is 0 Å². The summed E-state index contributed by atoms with van der Waals surface area (Å²) < 4.78 is 40.3. The zero-order valence-electron chi connectivity index (χ0n) is 25.9. The number of carbonyl (C=O) groups is 2. The largest absolute Gasteiger partial charge is 0.493 e. The van der Waals surface area contributed by atoms with E-state index in [4.69, 9.17) is 9.47 Å². The van der Waals surface area contributed by atoms with E-state index in [0.29, 0.717) is 24.4 Å². The quantitative estimate of drug-likeness (QED) is 0.236. The molecule has 0 spiro atoms. The first-order valence-electron chi connectivity index (χ1n) is 14.5. The van der Waals surface area contributed by atoms with Crippen molar-refractivity contribution in [2.24, 2.45) is 0 Å². The van der Waals surface area contributed by atoms with Crippen LogP contribution in [-0.4, -0.2) is 58.5 Å². The molecule has 43 heavy (non-hydrogen) atoms. The fourth-order valence-corrected chi connectivity index (χ4v) is 6.35. The Balaban J connectivity index is 2.10. The Morgan fingerprint density at radius 1 is 0.884 bits per heavy atom. The average Bonchev–Trinajstić information content (AvgIpc) is 2.99. The normalized spacial score (nSPS) is 11.9. The molecule has 232 valence electrons. The molecule has 3 aromatic rings. The first kappa shape index (κ1) is 33.5. The van der Waals surface area contributed by atoms with Crippen LogP contribution in [0.3, 0.4) is 0 Å². The van der Waals surface area contributed by atoms with Gasteiger partial charge in [0.25, 0.3) is 10.0 Å². The SMILES string of the molecule is CCCCNC(=O)C(CC)N(Cc1ccccc1)C(=O)CN(c1cc(C)cc(C)c1)S(=O)(=O)c1ccc(OC)c(OC)c1. The molecule has 3 aromatic carbocycles. The van der Waals surface area contributed by atoms with Crippen LogP contribution < -0.4 is 19.1 Å². The van der Waals surface area contributed by atoms with E-state index in [1.807, 2.05) is 64.1 Å². The molecular weight excluding hydrogens is 566 g/mol. The number of hydrogen-bond acceptors (Lipinski definition) is 6. The number of amides is 2. The van der Waals surface area contributed by atoms with Gasteiger partial charge >= 0.3 is 0 Å². The lowest BCUT2D eigenvalue weighted by atomic mass is 10.1. The van der Waals surface area contributed by atoms with Crippen LogP contribution in [0.4, 0.5) is 5.69 Å². The number of ether oxygens (including phenoxy) is 2. The molecule has 1 atom stereocenters. The fraction of sp³-hybridized carbons (Fsp3) is 0.394. The van der Waals surface area contributed by atoms with Crippen LogP contribution in [0.25, 0.3) is 0 Å². The van der Waals surface area contributed by atoms with E-state index in [1.165, 1.54) is 37.3 Å². The Labute approximate surface area is 255 Å². The molecule has 10 heteroatoms. The summed E-state index contributed by atoms with van der Waals surface area (Å²) in [6.07, 6.45) is 2.10. The van der Waals surface area contributed by atoms with Crippen molar-refractivity contribution in [1.82, 2.24) is 10.2 Å². The molecule has 0 aliphatic carbocycles. The van der Waals surface area contributed by atoms with E-state index >= 15 is 0 Å². The number of methoxy groups -OCH3 is 2. The van der Waals surface area contributed by atoms with Gasteiger partial charge in [-0.15, -0.1) is 0 Å². The second kappa shape index (κ2) is 15.4. The molecule has 0 aliphatic rings. The Morgan fingerprint density at radius 3 is 2.12 bits per heavy atom. The summed E-state index contributed by atoms with van der Waals surface area (Å²) in [5.41, 5.74) is 2.87. The number of benzene rings is 3. The molecule has 2 amide bonds. The van der Waals surface area contributed by atoms with Crippen LogP contribution in [-0.2, 0) is 26.2 Å². The summed E-state index contributed by atoms with van der Waals surface area (Å²) in [7, 11) is -1.37. The summed E-state index contributed by atoms with van der Waals surface area (Å²) in [6.45, 7) is 7.76. The van der Waals surface area contributed by atoms with E-state index in [1.54, 1.807) is 12.1 Å². The predicted molar refractivity (Wildman–Crippen MR) is 169 cm³/mol. The van der Waals surface area contributed by atoms with Gasteiger partial charge in [0.2, 0.25) is 11.8 Å². The lowest BCUT2D eigenvalue weighted by Crippen LogP contribution is -2.52. The molecule has 3 rings (SSSR count). The molecule has 9 nitrogen and oxygen atoms in total. The maximum absolute atomic E-state index is 14.3. The van der Waals surface area contributed by atoms with Crippen molar-refractivity contribution in [3.05, 3.63) is 83.4 Å². The molecule has 0 radical (unpaired) electrons. The molecule has 0 aromatic heterocycles. The third-order valence-corrected chi connectivity index (χ3v) is 8.90. The number of rotatable bonds is 15. The lowest BCUT2D eigenvalue weighted by molar-refractivity contribution is -0.140. The lowest BCUT2D eigenvalue weighted by Gasteiger charge is -2.33. The summed E-state index contributed by atoms with van der Waals surface area (Å²) >= 11 is 0. The third kappa shape index (κ3) is 8.50. The Morgan fingerprint density at radius 2 is 1.53 bits per heavy atom. The van der Waals surface area contributed by atoms with Crippen molar-refractivity contribution in [1.29, 1.82) is 0 Å². The van der Waals surface area contributed by atoms with Gasteiger partial charge in [0.05, 0.1) is 24.8 Å². The molecule has 0 aliphatic heterocycles. The van der Waals surface area contributed by atoms with E-state index in [-0.39, 0.29) is 23.1 Å². The number of aryl methyl sites for hydroxylation is 2. The maximum Gasteiger partial charge on any atom is 0.264 e. The summed E-state index contributed by atoms with van der Waals surface area (Å²) in [6, 6.07) is 18.3. The summed E-state index contributed by atoms with van der Waals surface area (Å²) in [4.78, 5) is 29.0. The molecule has 1 N–H and O–H groups in total. The molecule has 0 heterocycles. The van der Waals surface area contributed by atoms with Gasteiger partial charge in [-0.05, 0) is 67.6 Å². The molecule has 0 saturated heterocycles. The topological polar surface area (TPSA) is 105 Å². The maximum atomic E-state index is 14.3. The smallest absolute Gasteiger partial charge is 0.264 e. The molecular formula is C33H43N3O6S. The number of sulfonamides is 1. The van der Waals surface area contributed by atoms with E-state index in [9.17, 15) is 18.0 Å². The highest BCUT2D eigenvalue weighted by Crippen LogP contribution is 2.33. The fourth-order valence-electron chi connectivity index (χ4n) is 4.93. The molecule has 0 bridgehead atoms. The van der Waals surface area contributed by atoms with Crippen molar-refractivity contribution < 1.29 is 27.5 Å². The summed E-state index contributed by atoms with van der Waals surface area (Å²) in [5, 5.41) is 2.94. The highest BCUT2D eigenvalue weighted by atomic mass is 32.2. The number of nitrogens with zero attached hydrogens (tertiary/aromatic N) is 2. The minimum atomic E-state index is -4.27. The minimum absolute atomic E-state index is 0.0592. The second-order valence-electron chi connectivity index (χ2n) is 10.5. The van der Waals surface area contributed by atoms with Gasteiger partial charge in [0.15, 0.2) is 11.5 Å². The van der Waals surface area contributed by atoms with Gasteiger partial charge in [-0.2, -0.15) is 0 Å². The van der Waals surface area contributed by atoms with Crippen LogP contribution in [0.1, 0.15) is 49.8 Å². The minimum Gasteiger partial charge on any atom is -0.493 e. The average molecular weight is 610 g/mol. The highest BCUT2D eigenvalue weighted by Gasteiger charge is 2.34. The molecule has 1 unspecified atom stereocenters. The number of anilines is 1. The number of unbranched alkanes of at least 4 members (excludes halogenated alkanes) is 1. The monoisotopic (exact) mass is 609 g/mol. The molecule has 0 fully saturated rings. The van der Waals surface area contributed by atoms with E-state index < -0.39 is 28.5 Å². The van der Waals surface area contributed by atoms with Crippen molar-refractivity contribution >= 4 is 27.5 Å². The van der Waals surface area contributed by atoms with Gasteiger partial charge in [0.1, 0.15) is 12.6 Å². The number of nitrogens with one attached hydrogen (secondary N) is 1. The zero-order valence-corrected chi connectivity index (χ0v) is 26.7. The van der Waals surface area contributed by atoms with Crippen LogP contribution in [0.5, 0.6) is 11.5 Å². The first-order chi connectivity index (χ1) is 20.5. The Bertz CT molecular complexity index is 1470. The van der Waals surface area contributed by atoms with Crippen molar-refractivity contribution in [3.63, 3.8) is 0 Å². The standard InChI is InChI=1S/C33H43N3O6S/c1-7-9-17-34-33(38)29(8-2)35(22-26-13-11-10-12-14-26)32(37)23-36(27-19-24(3)18-25(4)20-27)43(39,40)28-15-16-30(41-5)31(21-28)42-6/h10-16,18-21,29H,7-9,17,22-23H2,1-6H3,(H,34,38). The van der Waals surface area contributed by atoms with Crippen LogP contribution >= 0.6 is 0 Å². The van der Waals surface area contributed by atoms with Gasteiger partial charge in [-0.25, -0.2) is 8.42 Å². The second-order valence-corrected chi connectivity index (χ2v) is 12.3. The van der Waals surface area contributed by atoms with Crippen LogP contribution in [0, 0.1) is 13.8 Å². The number of hydrogen-bond donors (Lipinski definition) is 1. The van der Waals surface area contributed by atoms with E-state index in [0.717, 1.165) is 33.8 Å². The summed E-state index contributed by atoms with van der Waals surface area (Å²) in [5.74, 6) is -0.134. The van der Waals surface area contributed by atoms with Gasteiger partial charge < -0.3 is 19.7 Å². The predicted octanol–water partition coefficient (Wildman–Crippen LogP) is 5.24. The van der Waals surface area contributed by atoms with Crippen LogP contribution in [0.15, 0.2) is 71.6 Å². The number of carbonyl (C=O) groups excluding carboxylic acids is 2.